The first kappa shape index (κ1) is 16.6. The van der Waals surface area contributed by atoms with Crippen LogP contribution in [0.3, 0.4) is 0 Å². The van der Waals surface area contributed by atoms with Gasteiger partial charge in [-0.1, -0.05) is 36.7 Å². The molecule has 0 saturated carbocycles. The molecule has 0 bridgehead atoms. The van der Waals surface area contributed by atoms with E-state index in [9.17, 15) is 13.5 Å². The van der Waals surface area contributed by atoms with Crippen molar-refractivity contribution in [3.63, 3.8) is 0 Å². The van der Waals surface area contributed by atoms with E-state index in [1.807, 2.05) is 13.0 Å². The van der Waals surface area contributed by atoms with Gasteiger partial charge in [0, 0.05) is 10.4 Å². The number of nitrogens with one attached hydrogen (secondary N) is 1. The Morgan fingerprint density at radius 1 is 1.08 bits per heavy atom. The summed E-state index contributed by atoms with van der Waals surface area (Å²) in [6.07, 6.45) is 0.591. The second-order valence-electron chi connectivity index (χ2n) is 5.42. The Labute approximate surface area is 145 Å². The summed E-state index contributed by atoms with van der Waals surface area (Å²) in [5, 5.41) is 11.4. The Kier molecular flexibility index (Phi) is 4.39. The van der Waals surface area contributed by atoms with Gasteiger partial charge in [0.15, 0.2) is 0 Å². The number of anilines is 1. The van der Waals surface area contributed by atoms with Crippen LogP contribution in [0.2, 0.25) is 5.02 Å². The molecule has 0 heterocycles. The third-order valence-electron chi connectivity index (χ3n) is 3.81. The highest BCUT2D eigenvalue weighted by Crippen LogP contribution is 2.29. The number of aromatic hydroxyl groups is 1. The molecule has 0 aliphatic carbocycles. The third kappa shape index (κ3) is 3.18. The largest absolute Gasteiger partial charge is 0.508 e. The number of hydrogen-bond acceptors (Lipinski definition) is 3. The molecule has 0 aromatic heterocycles. The molecule has 24 heavy (non-hydrogen) atoms. The summed E-state index contributed by atoms with van der Waals surface area (Å²) >= 11 is 6.02. The topological polar surface area (TPSA) is 66.4 Å². The highest BCUT2D eigenvalue weighted by Gasteiger charge is 2.19. The molecule has 2 N–H and O–H groups in total. The monoisotopic (exact) mass is 361 g/mol. The molecule has 0 spiro atoms. The number of rotatable bonds is 4. The van der Waals surface area contributed by atoms with E-state index in [4.69, 9.17) is 11.6 Å². The van der Waals surface area contributed by atoms with Crippen molar-refractivity contribution in [3.8, 4) is 5.75 Å². The summed E-state index contributed by atoms with van der Waals surface area (Å²) in [5.74, 6) is 0.103. The molecule has 0 aliphatic heterocycles. The maximum Gasteiger partial charge on any atom is 0.262 e. The van der Waals surface area contributed by atoms with E-state index >= 15 is 0 Å². The van der Waals surface area contributed by atoms with Gasteiger partial charge in [-0.15, -0.1) is 0 Å². The summed E-state index contributed by atoms with van der Waals surface area (Å²) in [6.45, 7) is 1.89. The van der Waals surface area contributed by atoms with Gasteiger partial charge in [0.1, 0.15) is 5.75 Å². The van der Waals surface area contributed by atoms with Gasteiger partial charge in [0.25, 0.3) is 10.0 Å². The number of fused-ring (bicyclic) bond motifs is 1. The minimum atomic E-state index is -3.79. The van der Waals surface area contributed by atoms with E-state index < -0.39 is 10.0 Å². The Morgan fingerprint density at radius 3 is 2.62 bits per heavy atom. The second-order valence-corrected chi connectivity index (χ2v) is 7.51. The minimum Gasteiger partial charge on any atom is -0.508 e. The summed E-state index contributed by atoms with van der Waals surface area (Å²) < 4.78 is 28.3. The molecule has 124 valence electrons. The SMILES string of the molecule is CCc1cc(O)ccc1NS(=O)(=O)c1cccc2ccc(Cl)cc12. The first-order valence-corrected chi connectivity index (χ1v) is 9.30. The van der Waals surface area contributed by atoms with Gasteiger partial charge in [0.05, 0.1) is 10.6 Å². The van der Waals surface area contributed by atoms with Gasteiger partial charge in [-0.2, -0.15) is 0 Å². The van der Waals surface area contributed by atoms with Crippen molar-refractivity contribution < 1.29 is 13.5 Å². The quantitative estimate of drug-likeness (QED) is 0.669. The third-order valence-corrected chi connectivity index (χ3v) is 5.47. The van der Waals surface area contributed by atoms with Gasteiger partial charge in [-0.3, -0.25) is 4.72 Å². The highest BCUT2D eigenvalue weighted by molar-refractivity contribution is 7.93. The summed E-state index contributed by atoms with van der Waals surface area (Å²) in [7, 11) is -3.79. The van der Waals surface area contributed by atoms with Crippen LogP contribution in [-0.4, -0.2) is 13.5 Å². The molecule has 3 aromatic rings. The Bertz CT molecular complexity index is 1020. The van der Waals surface area contributed by atoms with Crippen LogP contribution in [0, 0.1) is 0 Å². The first-order chi connectivity index (χ1) is 11.4. The number of sulfonamides is 1. The van der Waals surface area contributed by atoms with Gasteiger partial charge in [0.2, 0.25) is 0 Å². The fourth-order valence-corrected chi connectivity index (χ4v) is 4.12. The van der Waals surface area contributed by atoms with Gasteiger partial charge in [-0.25, -0.2) is 8.42 Å². The summed E-state index contributed by atoms with van der Waals surface area (Å²) in [4.78, 5) is 0.164. The molecule has 0 fully saturated rings. The molecule has 0 unspecified atom stereocenters. The van der Waals surface area contributed by atoms with Crippen LogP contribution in [0.5, 0.6) is 5.75 Å². The Morgan fingerprint density at radius 2 is 1.88 bits per heavy atom. The number of phenolic OH excluding ortho intramolecular Hbond substituents is 1. The number of benzene rings is 3. The van der Waals surface area contributed by atoms with E-state index in [-0.39, 0.29) is 10.6 Å². The van der Waals surface area contributed by atoms with Crippen molar-refractivity contribution in [1.82, 2.24) is 0 Å². The van der Waals surface area contributed by atoms with E-state index in [0.717, 1.165) is 10.9 Å². The van der Waals surface area contributed by atoms with Crippen molar-refractivity contribution in [3.05, 3.63) is 65.2 Å². The highest BCUT2D eigenvalue weighted by atomic mass is 35.5. The maximum atomic E-state index is 12.9. The zero-order valence-corrected chi connectivity index (χ0v) is 14.5. The maximum absolute atomic E-state index is 12.9. The van der Waals surface area contributed by atoms with Crippen molar-refractivity contribution >= 4 is 38.1 Å². The van der Waals surface area contributed by atoms with Crippen LogP contribution in [0.1, 0.15) is 12.5 Å². The zero-order valence-electron chi connectivity index (χ0n) is 13.0. The number of aryl methyl sites for hydroxylation is 1. The van der Waals surface area contributed by atoms with Crippen molar-refractivity contribution in [1.29, 1.82) is 0 Å². The molecular weight excluding hydrogens is 346 g/mol. The average molecular weight is 362 g/mol. The Balaban J connectivity index is 2.11. The van der Waals surface area contributed by atoms with Crippen LogP contribution in [-0.2, 0) is 16.4 Å². The Hall–Kier alpha value is -2.24. The average Bonchev–Trinajstić information content (AvgIpc) is 2.55. The fraction of sp³-hybridized carbons (Fsp3) is 0.111. The lowest BCUT2D eigenvalue weighted by atomic mass is 10.1. The smallest absolute Gasteiger partial charge is 0.262 e. The van der Waals surface area contributed by atoms with E-state index in [2.05, 4.69) is 4.72 Å². The van der Waals surface area contributed by atoms with Crippen LogP contribution >= 0.6 is 11.6 Å². The fourth-order valence-electron chi connectivity index (χ4n) is 2.62. The lowest BCUT2D eigenvalue weighted by Crippen LogP contribution is -2.14. The van der Waals surface area contributed by atoms with Crippen LogP contribution in [0.15, 0.2) is 59.5 Å². The van der Waals surface area contributed by atoms with Crippen LogP contribution < -0.4 is 4.72 Å². The van der Waals surface area contributed by atoms with Crippen molar-refractivity contribution in [2.45, 2.75) is 18.2 Å². The second kappa shape index (κ2) is 6.34. The summed E-state index contributed by atoms with van der Waals surface area (Å²) in [6, 6.07) is 14.8. The molecule has 0 atom stereocenters. The van der Waals surface area contributed by atoms with Gasteiger partial charge >= 0.3 is 0 Å². The first-order valence-electron chi connectivity index (χ1n) is 7.43. The molecule has 0 radical (unpaired) electrons. The molecule has 4 nitrogen and oxygen atoms in total. The lowest BCUT2D eigenvalue weighted by molar-refractivity contribution is 0.474. The standard InChI is InChI=1S/C18H16ClNO3S/c1-2-12-10-15(21)8-9-17(12)20-24(22,23)18-5-3-4-13-6-7-14(19)11-16(13)18/h3-11,20-21H,2H2,1H3. The van der Waals surface area contributed by atoms with E-state index in [0.29, 0.717) is 22.5 Å². The summed E-state index contributed by atoms with van der Waals surface area (Å²) in [5.41, 5.74) is 1.17. The predicted molar refractivity (Wildman–Crippen MR) is 97.3 cm³/mol. The lowest BCUT2D eigenvalue weighted by Gasteiger charge is -2.14. The van der Waals surface area contributed by atoms with Crippen molar-refractivity contribution in [2.75, 3.05) is 4.72 Å². The van der Waals surface area contributed by atoms with Crippen molar-refractivity contribution in [2.24, 2.45) is 0 Å². The molecule has 0 saturated heterocycles. The molecular formula is C18H16ClNO3S. The van der Waals surface area contributed by atoms with E-state index in [1.54, 1.807) is 42.5 Å². The van der Waals surface area contributed by atoms with Crippen LogP contribution in [0.4, 0.5) is 5.69 Å². The molecule has 0 aliphatic rings. The minimum absolute atomic E-state index is 0.103. The molecule has 3 aromatic carbocycles. The normalized spacial score (nSPS) is 11.6. The number of phenols is 1. The van der Waals surface area contributed by atoms with E-state index in [1.165, 1.54) is 6.07 Å². The predicted octanol–water partition coefficient (Wildman–Crippen LogP) is 4.56. The molecule has 0 amide bonds. The number of halogens is 1. The molecule has 3 rings (SSSR count). The number of hydrogen-bond donors (Lipinski definition) is 2. The zero-order chi connectivity index (χ0) is 17.3. The van der Waals surface area contributed by atoms with Gasteiger partial charge < -0.3 is 5.11 Å². The van der Waals surface area contributed by atoms with Gasteiger partial charge in [-0.05, 0) is 53.8 Å². The van der Waals surface area contributed by atoms with Crippen LogP contribution in [0.25, 0.3) is 10.8 Å². The molecule has 6 heteroatoms.